The van der Waals surface area contributed by atoms with E-state index in [-0.39, 0.29) is 0 Å². The van der Waals surface area contributed by atoms with E-state index in [1.807, 2.05) is 25.1 Å². The standard InChI is InChI=1S/C12H13BrN4/c1-7-15-16-12(17(7)9-3-4-9)10-6-8(14)2-5-11(10)13/h2,5-6,9H,3-4,14H2,1H3. The first kappa shape index (κ1) is 10.8. The number of nitrogens with zero attached hydrogens (tertiary/aromatic N) is 3. The Balaban J connectivity index is 2.17. The van der Waals surface area contributed by atoms with E-state index in [1.165, 1.54) is 12.8 Å². The molecule has 3 rings (SSSR count). The Labute approximate surface area is 108 Å². The van der Waals surface area contributed by atoms with Crippen molar-refractivity contribution in [3.8, 4) is 11.4 Å². The third-order valence-electron chi connectivity index (χ3n) is 3.01. The van der Waals surface area contributed by atoms with Crippen molar-refractivity contribution in [2.45, 2.75) is 25.8 Å². The van der Waals surface area contributed by atoms with Crippen LogP contribution in [-0.2, 0) is 0 Å². The molecule has 0 saturated heterocycles. The summed E-state index contributed by atoms with van der Waals surface area (Å²) in [6.45, 7) is 2.00. The minimum Gasteiger partial charge on any atom is -0.399 e. The van der Waals surface area contributed by atoms with Crippen LogP contribution >= 0.6 is 15.9 Å². The monoisotopic (exact) mass is 292 g/mol. The number of nitrogen functional groups attached to an aromatic ring is 1. The van der Waals surface area contributed by atoms with Crippen molar-refractivity contribution in [3.63, 3.8) is 0 Å². The average molecular weight is 293 g/mol. The van der Waals surface area contributed by atoms with Gasteiger partial charge in [0.1, 0.15) is 5.82 Å². The van der Waals surface area contributed by atoms with Crippen LogP contribution in [0, 0.1) is 6.92 Å². The molecule has 17 heavy (non-hydrogen) atoms. The quantitative estimate of drug-likeness (QED) is 0.866. The highest BCUT2D eigenvalue weighted by Gasteiger charge is 2.29. The minimum absolute atomic E-state index is 0.563. The summed E-state index contributed by atoms with van der Waals surface area (Å²) in [5.41, 5.74) is 7.59. The van der Waals surface area contributed by atoms with Crippen LogP contribution in [-0.4, -0.2) is 14.8 Å². The van der Waals surface area contributed by atoms with E-state index >= 15 is 0 Å². The number of rotatable bonds is 2. The van der Waals surface area contributed by atoms with Crippen LogP contribution in [0.15, 0.2) is 22.7 Å². The molecule has 0 bridgehead atoms. The molecule has 0 atom stereocenters. The second kappa shape index (κ2) is 3.84. The third kappa shape index (κ3) is 1.84. The Kier molecular flexibility index (Phi) is 2.43. The summed E-state index contributed by atoms with van der Waals surface area (Å²) in [4.78, 5) is 0. The Morgan fingerprint density at radius 3 is 2.82 bits per heavy atom. The lowest BCUT2D eigenvalue weighted by atomic mass is 10.2. The molecule has 2 aromatic rings. The maximum Gasteiger partial charge on any atom is 0.165 e. The van der Waals surface area contributed by atoms with Crippen molar-refractivity contribution in [1.29, 1.82) is 0 Å². The lowest BCUT2D eigenvalue weighted by Gasteiger charge is -2.09. The van der Waals surface area contributed by atoms with Crippen molar-refractivity contribution < 1.29 is 0 Å². The number of nitrogens with two attached hydrogens (primary N) is 1. The smallest absolute Gasteiger partial charge is 0.165 e. The van der Waals surface area contributed by atoms with Crippen LogP contribution in [0.5, 0.6) is 0 Å². The molecule has 0 radical (unpaired) electrons. The predicted octanol–water partition coefficient (Wildman–Crippen LogP) is 2.93. The van der Waals surface area contributed by atoms with Gasteiger partial charge in [0.25, 0.3) is 0 Å². The molecular weight excluding hydrogens is 280 g/mol. The van der Waals surface area contributed by atoms with Gasteiger partial charge in [0.15, 0.2) is 5.82 Å². The van der Waals surface area contributed by atoms with Gasteiger partial charge < -0.3 is 10.3 Å². The molecule has 1 aromatic carbocycles. The number of hydrogen-bond acceptors (Lipinski definition) is 3. The zero-order chi connectivity index (χ0) is 12.0. The Hall–Kier alpha value is -1.36. The molecule has 1 fully saturated rings. The van der Waals surface area contributed by atoms with E-state index in [0.717, 1.165) is 27.4 Å². The van der Waals surface area contributed by atoms with E-state index in [2.05, 4.69) is 30.7 Å². The average Bonchev–Trinajstić information content (AvgIpc) is 3.06. The Bertz CT molecular complexity index is 572. The van der Waals surface area contributed by atoms with Crippen molar-refractivity contribution in [3.05, 3.63) is 28.5 Å². The van der Waals surface area contributed by atoms with Gasteiger partial charge in [-0.15, -0.1) is 10.2 Å². The second-order valence-electron chi connectivity index (χ2n) is 4.41. The van der Waals surface area contributed by atoms with E-state index < -0.39 is 0 Å². The van der Waals surface area contributed by atoms with Crippen LogP contribution in [0.3, 0.4) is 0 Å². The van der Waals surface area contributed by atoms with Gasteiger partial charge in [0.05, 0.1) is 0 Å². The second-order valence-corrected chi connectivity index (χ2v) is 5.27. The maximum atomic E-state index is 5.84. The van der Waals surface area contributed by atoms with E-state index in [9.17, 15) is 0 Å². The number of hydrogen-bond donors (Lipinski definition) is 1. The molecule has 1 aliphatic rings. The highest BCUT2D eigenvalue weighted by Crippen LogP contribution is 2.40. The Morgan fingerprint density at radius 1 is 1.35 bits per heavy atom. The summed E-state index contributed by atoms with van der Waals surface area (Å²) in [7, 11) is 0. The van der Waals surface area contributed by atoms with Crippen LogP contribution < -0.4 is 5.73 Å². The first-order valence-electron chi connectivity index (χ1n) is 5.63. The number of benzene rings is 1. The largest absolute Gasteiger partial charge is 0.399 e. The van der Waals surface area contributed by atoms with Gasteiger partial charge in [-0.2, -0.15) is 0 Å². The SMILES string of the molecule is Cc1nnc(-c2cc(N)ccc2Br)n1C1CC1. The molecule has 1 aliphatic carbocycles. The van der Waals surface area contributed by atoms with Gasteiger partial charge in [-0.05, 0) is 38.0 Å². The summed E-state index contributed by atoms with van der Waals surface area (Å²) in [6, 6.07) is 6.32. The highest BCUT2D eigenvalue weighted by molar-refractivity contribution is 9.10. The number of aromatic nitrogens is 3. The minimum atomic E-state index is 0.563. The van der Waals surface area contributed by atoms with Gasteiger partial charge in [-0.1, -0.05) is 15.9 Å². The molecule has 1 aromatic heterocycles. The van der Waals surface area contributed by atoms with Crippen molar-refractivity contribution in [1.82, 2.24) is 14.8 Å². The fourth-order valence-corrected chi connectivity index (χ4v) is 2.46. The molecule has 2 N–H and O–H groups in total. The first-order chi connectivity index (χ1) is 8.16. The van der Waals surface area contributed by atoms with E-state index in [0.29, 0.717) is 6.04 Å². The molecular formula is C12H13BrN4. The van der Waals surface area contributed by atoms with Gasteiger partial charge in [-0.3, -0.25) is 0 Å². The summed E-state index contributed by atoms with van der Waals surface area (Å²) in [5, 5.41) is 8.45. The zero-order valence-corrected chi connectivity index (χ0v) is 11.1. The van der Waals surface area contributed by atoms with Gasteiger partial charge >= 0.3 is 0 Å². The normalized spacial score (nSPS) is 15.2. The fraction of sp³-hybridized carbons (Fsp3) is 0.333. The fourth-order valence-electron chi connectivity index (χ4n) is 2.04. The number of halogens is 1. The van der Waals surface area contributed by atoms with Crippen molar-refractivity contribution in [2.75, 3.05) is 5.73 Å². The molecule has 88 valence electrons. The Morgan fingerprint density at radius 2 is 2.12 bits per heavy atom. The van der Waals surface area contributed by atoms with Gasteiger partial charge in [0, 0.05) is 21.8 Å². The van der Waals surface area contributed by atoms with Crippen LogP contribution in [0.1, 0.15) is 24.7 Å². The van der Waals surface area contributed by atoms with Crippen LogP contribution in [0.25, 0.3) is 11.4 Å². The number of anilines is 1. The van der Waals surface area contributed by atoms with Gasteiger partial charge in [-0.25, -0.2) is 0 Å². The molecule has 4 nitrogen and oxygen atoms in total. The summed E-state index contributed by atoms with van der Waals surface area (Å²) >= 11 is 3.54. The predicted molar refractivity (Wildman–Crippen MR) is 70.6 cm³/mol. The molecule has 0 unspecified atom stereocenters. The van der Waals surface area contributed by atoms with Crippen molar-refractivity contribution in [2.24, 2.45) is 0 Å². The summed E-state index contributed by atoms with van der Waals surface area (Å²) in [6.07, 6.45) is 2.43. The highest BCUT2D eigenvalue weighted by atomic mass is 79.9. The van der Waals surface area contributed by atoms with Crippen LogP contribution in [0.4, 0.5) is 5.69 Å². The third-order valence-corrected chi connectivity index (χ3v) is 3.70. The zero-order valence-electron chi connectivity index (χ0n) is 9.52. The van der Waals surface area contributed by atoms with E-state index in [4.69, 9.17) is 5.73 Å². The molecule has 0 aliphatic heterocycles. The summed E-state index contributed by atoms with van der Waals surface area (Å²) in [5.74, 6) is 1.88. The summed E-state index contributed by atoms with van der Waals surface area (Å²) < 4.78 is 3.21. The van der Waals surface area contributed by atoms with E-state index in [1.54, 1.807) is 0 Å². The number of aryl methyl sites for hydroxylation is 1. The lowest BCUT2D eigenvalue weighted by molar-refractivity contribution is 0.717. The first-order valence-corrected chi connectivity index (χ1v) is 6.43. The molecule has 5 heteroatoms. The molecule has 1 heterocycles. The molecule has 0 spiro atoms. The van der Waals surface area contributed by atoms with Gasteiger partial charge in [0.2, 0.25) is 0 Å². The van der Waals surface area contributed by atoms with Crippen molar-refractivity contribution >= 4 is 21.6 Å². The maximum absolute atomic E-state index is 5.84. The molecule has 1 saturated carbocycles. The molecule has 0 amide bonds. The lowest BCUT2D eigenvalue weighted by Crippen LogP contribution is -2.00. The van der Waals surface area contributed by atoms with Crippen LogP contribution in [0.2, 0.25) is 0 Å². The topological polar surface area (TPSA) is 56.7 Å².